The first-order valence-electron chi connectivity index (χ1n) is 5.69. The average molecular weight is 234 g/mol. The van der Waals surface area contributed by atoms with E-state index in [1.54, 1.807) is 0 Å². The van der Waals surface area contributed by atoms with Crippen molar-refractivity contribution in [2.45, 2.75) is 45.4 Å². The Hall–Kier alpha value is -0.110. The van der Waals surface area contributed by atoms with E-state index in [9.17, 15) is 9.46 Å². The van der Waals surface area contributed by atoms with Crippen molar-refractivity contribution in [1.82, 2.24) is 0 Å². The van der Waals surface area contributed by atoms with Gasteiger partial charge in [-0.1, -0.05) is 45.1 Å². The molecule has 0 aromatic rings. The van der Waals surface area contributed by atoms with Crippen LogP contribution in [0.5, 0.6) is 0 Å². The van der Waals surface area contributed by atoms with Crippen LogP contribution in [0.2, 0.25) is 0 Å². The fourth-order valence-electron chi connectivity index (χ4n) is 1.31. The third kappa shape index (κ3) is 10.2. The normalized spacial score (nSPS) is 14.8. The molecule has 4 heteroatoms. The fraction of sp³-hybridized carbons (Fsp3) is 0.818. The minimum Gasteiger partial charge on any atom is -0.324 e. The molecule has 0 radical (unpaired) electrons. The second-order valence-electron chi connectivity index (χ2n) is 3.71. The maximum Gasteiger partial charge on any atom is 0.331 e. The van der Waals surface area contributed by atoms with Gasteiger partial charge < -0.3 is 9.42 Å². The quantitative estimate of drug-likeness (QED) is 0.356. The van der Waals surface area contributed by atoms with Crippen molar-refractivity contribution < 1.29 is 14.0 Å². The van der Waals surface area contributed by atoms with Crippen LogP contribution in [-0.2, 0) is 9.09 Å². The summed E-state index contributed by atoms with van der Waals surface area (Å²) in [5, 5.41) is 0. The minimum atomic E-state index is -3.37. The second kappa shape index (κ2) is 9.14. The van der Waals surface area contributed by atoms with Gasteiger partial charge in [0.25, 0.3) is 0 Å². The molecule has 1 unspecified atom stereocenters. The van der Waals surface area contributed by atoms with Gasteiger partial charge in [0, 0.05) is 0 Å². The maximum absolute atomic E-state index is 11.2. The number of hydrogen-bond donors (Lipinski definition) is 1. The highest BCUT2D eigenvalue weighted by Gasteiger charge is 2.15. The lowest BCUT2D eigenvalue weighted by molar-refractivity contribution is 0.255. The maximum atomic E-state index is 11.2. The molecule has 0 bridgehead atoms. The van der Waals surface area contributed by atoms with E-state index in [0.29, 0.717) is 6.61 Å². The molecule has 1 N–H and O–H groups in total. The van der Waals surface area contributed by atoms with Crippen LogP contribution < -0.4 is 0 Å². The summed E-state index contributed by atoms with van der Waals surface area (Å²) in [4.78, 5) is 9.22. The fourth-order valence-corrected chi connectivity index (χ4v) is 2.15. The molecule has 0 amide bonds. The zero-order valence-electron chi connectivity index (χ0n) is 9.65. The van der Waals surface area contributed by atoms with Crippen molar-refractivity contribution in [1.29, 1.82) is 0 Å². The summed E-state index contributed by atoms with van der Waals surface area (Å²) in [7, 11) is -3.37. The van der Waals surface area contributed by atoms with Crippen LogP contribution in [0.3, 0.4) is 0 Å². The second-order valence-corrected chi connectivity index (χ2v) is 5.61. The molecule has 90 valence electrons. The Morgan fingerprint density at radius 3 is 2.47 bits per heavy atom. The Morgan fingerprint density at radius 2 is 1.87 bits per heavy atom. The Morgan fingerprint density at radius 1 is 1.27 bits per heavy atom. The van der Waals surface area contributed by atoms with E-state index in [2.05, 4.69) is 13.5 Å². The minimum absolute atomic E-state index is 0.0445. The lowest BCUT2D eigenvalue weighted by Crippen LogP contribution is -1.95. The van der Waals surface area contributed by atoms with Gasteiger partial charge in [0.2, 0.25) is 0 Å². The molecule has 0 aliphatic heterocycles. The van der Waals surface area contributed by atoms with Crippen LogP contribution in [-0.4, -0.2) is 17.7 Å². The van der Waals surface area contributed by atoms with Crippen LogP contribution in [0.1, 0.15) is 45.4 Å². The highest BCUT2D eigenvalue weighted by atomic mass is 31.2. The molecule has 0 aromatic carbocycles. The van der Waals surface area contributed by atoms with Gasteiger partial charge in [0.05, 0.1) is 12.8 Å². The molecule has 0 aromatic heterocycles. The molecule has 3 nitrogen and oxygen atoms in total. The largest absolute Gasteiger partial charge is 0.331 e. The Labute approximate surface area is 93.1 Å². The monoisotopic (exact) mass is 234 g/mol. The summed E-state index contributed by atoms with van der Waals surface area (Å²) in [6.07, 6.45) is 8.36. The van der Waals surface area contributed by atoms with Crippen molar-refractivity contribution in [3.63, 3.8) is 0 Å². The lowest BCUT2D eigenvalue weighted by atomic mass is 10.1. The number of hydrogen-bond acceptors (Lipinski definition) is 2. The molecule has 0 fully saturated rings. The molecule has 0 heterocycles. The van der Waals surface area contributed by atoms with Gasteiger partial charge in [-0.25, -0.2) is 0 Å². The summed E-state index contributed by atoms with van der Waals surface area (Å²) in [6, 6.07) is 0. The molecule has 0 aliphatic carbocycles. The van der Waals surface area contributed by atoms with Gasteiger partial charge in [-0.2, -0.15) is 0 Å². The van der Waals surface area contributed by atoms with Crippen LogP contribution in [0.4, 0.5) is 0 Å². The topological polar surface area (TPSA) is 46.5 Å². The SMILES string of the molecule is C=CCP(=O)(O)OCCCCCCCC. The number of rotatable bonds is 10. The number of allylic oxidation sites excluding steroid dienone is 1. The van der Waals surface area contributed by atoms with Gasteiger partial charge in [-0.15, -0.1) is 6.58 Å². The molecular formula is C11H23O3P. The van der Waals surface area contributed by atoms with E-state index < -0.39 is 7.60 Å². The summed E-state index contributed by atoms with van der Waals surface area (Å²) in [6.45, 7) is 5.98. The average Bonchev–Trinajstić information content (AvgIpc) is 2.16. The standard InChI is InChI=1S/C11H23O3P/c1-3-5-6-7-8-9-10-14-15(12,13)11-4-2/h4H,2-3,5-11H2,1H3,(H,12,13). The van der Waals surface area contributed by atoms with Crippen molar-refractivity contribution >= 4 is 7.60 Å². The van der Waals surface area contributed by atoms with Crippen LogP contribution >= 0.6 is 7.60 Å². The third-order valence-electron chi connectivity index (χ3n) is 2.15. The Balaban J connectivity index is 3.30. The van der Waals surface area contributed by atoms with E-state index >= 15 is 0 Å². The van der Waals surface area contributed by atoms with E-state index in [0.717, 1.165) is 12.8 Å². The van der Waals surface area contributed by atoms with Crippen molar-refractivity contribution in [3.05, 3.63) is 12.7 Å². The van der Waals surface area contributed by atoms with Gasteiger partial charge in [-0.3, -0.25) is 4.57 Å². The van der Waals surface area contributed by atoms with Gasteiger partial charge >= 0.3 is 7.60 Å². The molecule has 1 atom stereocenters. The highest BCUT2D eigenvalue weighted by molar-refractivity contribution is 7.53. The molecule has 0 aliphatic rings. The van der Waals surface area contributed by atoms with Crippen molar-refractivity contribution in [2.75, 3.05) is 12.8 Å². The zero-order valence-corrected chi connectivity index (χ0v) is 10.5. The predicted octanol–water partition coefficient (Wildman–Crippen LogP) is 3.73. The van der Waals surface area contributed by atoms with Crippen LogP contribution in [0.15, 0.2) is 12.7 Å². The Bertz CT molecular complexity index is 204. The Kier molecular flexibility index (Phi) is 9.07. The number of unbranched alkanes of at least 4 members (excludes halogenated alkanes) is 5. The highest BCUT2D eigenvalue weighted by Crippen LogP contribution is 2.41. The van der Waals surface area contributed by atoms with E-state index in [4.69, 9.17) is 4.52 Å². The zero-order chi connectivity index (χ0) is 11.6. The first-order valence-corrected chi connectivity index (χ1v) is 7.46. The molecule has 0 saturated heterocycles. The molecule has 15 heavy (non-hydrogen) atoms. The first kappa shape index (κ1) is 14.9. The summed E-state index contributed by atoms with van der Waals surface area (Å²) in [5.74, 6) is 0. The van der Waals surface area contributed by atoms with E-state index in [-0.39, 0.29) is 6.16 Å². The summed E-state index contributed by atoms with van der Waals surface area (Å²) in [5.41, 5.74) is 0. The van der Waals surface area contributed by atoms with Crippen molar-refractivity contribution in [3.8, 4) is 0 Å². The van der Waals surface area contributed by atoms with Gasteiger partial charge in [0.1, 0.15) is 0 Å². The van der Waals surface area contributed by atoms with Gasteiger partial charge in [0.15, 0.2) is 0 Å². The molecule has 0 rings (SSSR count). The third-order valence-corrected chi connectivity index (χ3v) is 3.46. The smallest absolute Gasteiger partial charge is 0.324 e. The molecule has 0 spiro atoms. The van der Waals surface area contributed by atoms with Crippen molar-refractivity contribution in [2.24, 2.45) is 0 Å². The molecule has 0 saturated carbocycles. The summed E-state index contributed by atoms with van der Waals surface area (Å²) < 4.78 is 16.1. The summed E-state index contributed by atoms with van der Waals surface area (Å²) >= 11 is 0. The molecular weight excluding hydrogens is 211 g/mol. The van der Waals surface area contributed by atoms with Crippen LogP contribution in [0.25, 0.3) is 0 Å². The van der Waals surface area contributed by atoms with Crippen LogP contribution in [0, 0.1) is 0 Å². The van der Waals surface area contributed by atoms with E-state index in [1.807, 2.05) is 0 Å². The lowest BCUT2D eigenvalue weighted by Gasteiger charge is -2.09. The predicted molar refractivity (Wildman–Crippen MR) is 64.2 cm³/mol. The first-order chi connectivity index (χ1) is 7.12. The van der Waals surface area contributed by atoms with E-state index in [1.165, 1.54) is 31.8 Å². The van der Waals surface area contributed by atoms with Gasteiger partial charge in [-0.05, 0) is 6.42 Å².